The van der Waals surface area contributed by atoms with Crippen LogP contribution in [0.3, 0.4) is 0 Å². The molecule has 0 saturated carbocycles. The van der Waals surface area contributed by atoms with Gasteiger partial charge in [-0.2, -0.15) is 5.10 Å². The van der Waals surface area contributed by atoms with Crippen molar-refractivity contribution in [3.05, 3.63) is 88.2 Å². The van der Waals surface area contributed by atoms with E-state index in [4.69, 9.17) is 0 Å². The summed E-state index contributed by atoms with van der Waals surface area (Å²) >= 11 is 0. The van der Waals surface area contributed by atoms with E-state index in [1.165, 1.54) is 5.56 Å². The van der Waals surface area contributed by atoms with Crippen molar-refractivity contribution in [2.24, 2.45) is 0 Å². The van der Waals surface area contributed by atoms with E-state index in [1.54, 1.807) is 0 Å². The van der Waals surface area contributed by atoms with E-state index in [0.717, 1.165) is 22.5 Å². The predicted molar refractivity (Wildman–Crippen MR) is 104 cm³/mol. The largest absolute Gasteiger partial charge is 0.346 e. The van der Waals surface area contributed by atoms with Crippen LogP contribution in [-0.4, -0.2) is 15.7 Å². The molecule has 0 fully saturated rings. The van der Waals surface area contributed by atoms with Crippen LogP contribution in [0, 0.1) is 20.8 Å². The van der Waals surface area contributed by atoms with Gasteiger partial charge in [0.2, 0.25) is 0 Å². The topological polar surface area (TPSA) is 46.9 Å². The fraction of sp³-hybridized carbons (Fsp3) is 0.273. The van der Waals surface area contributed by atoms with Gasteiger partial charge in [-0.05, 0) is 62.6 Å². The van der Waals surface area contributed by atoms with Gasteiger partial charge in [0.1, 0.15) is 0 Å². The van der Waals surface area contributed by atoms with Crippen LogP contribution in [0.25, 0.3) is 0 Å². The molecule has 0 radical (unpaired) electrons. The van der Waals surface area contributed by atoms with Crippen molar-refractivity contribution >= 4 is 5.91 Å². The smallest absolute Gasteiger partial charge is 0.251 e. The van der Waals surface area contributed by atoms with E-state index in [9.17, 15) is 4.79 Å². The first kappa shape index (κ1) is 17.9. The molecule has 1 heterocycles. The molecule has 1 amide bonds. The monoisotopic (exact) mass is 347 g/mol. The molecule has 3 aromatic rings. The molecule has 0 saturated heterocycles. The first-order valence-electron chi connectivity index (χ1n) is 8.90. The number of carbonyl (C=O) groups is 1. The van der Waals surface area contributed by atoms with Crippen LogP contribution in [0.1, 0.15) is 51.4 Å². The number of amides is 1. The Morgan fingerprint density at radius 2 is 1.77 bits per heavy atom. The first-order valence-corrected chi connectivity index (χ1v) is 8.90. The molecule has 3 rings (SSSR count). The molecular formula is C22H25N3O. The van der Waals surface area contributed by atoms with Crippen LogP contribution >= 0.6 is 0 Å². The SMILES string of the molecule is Cc1cc(C)n(Cc2ccc(C(=O)NC(C)c3ccccc3C)cc2)n1. The molecule has 1 aromatic heterocycles. The minimum Gasteiger partial charge on any atom is -0.346 e. The van der Waals surface area contributed by atoms with Gasteiger partial charge in [-0.25, -0.2) is 0 Å². The Morgan fingerprint density at radius 1 is 1.08 bits per heavy atom. The number of carbonyl (C=O) groups excluding carboxylic acids is 1. The van der Waals surface area contributed by atoms with Crippen molar-refractivity contribution in [1.82, 2.24) is 15.1 Å². The lowest BCUT2D eigenvalue weighted by Gasteiger charge is -2.16. The Balaban J connectivity index is 1.67. The highest BCUT2D eigenvalue weighted by Gasteiger charge is 2.13. The standard InChI is InChI=1S/C22H25N3O/c1-15-7-5-6-8-21(15)18(4)23-22(26)20-11-9-19(10-12-20)14-25-17(3)13-16(2)24-25/h5-13,18H,14H2,1-4H3,(H,23,26). The molecule has 2 aromatic carbocycles. The van der Waals surface area contributed by atoms with Gasteiger partial charge in [0.05, 0.1) is 18.3 Å². The Labute approximate surface area is 154 Å². The lowest BCUT2D eigenvalue weighted by Crippen LogP contribution is -2.27. The van der Waals surface area contributed by atoms with Gasteiger partial charge in [-0.3, -0.25) is 9.48 Å². The quantitative estimate of drug-likeness (QED) is 0.746. The zero-order valence-electron chi connectivity index (χ0n) is 15.8. The number of hydrogen-bond donors (Lipinski definition) is 1. The van der Waals surface area contributed by atoms with Gasteiger partial charge in [0.25, 0.3) is 5.91 Å². The highest BCUT2D eigenvalue weighted by atomic mass is 16.1. The van der Waals surface area contributed by atoms with E-state index in [2.05, 4.69) is 42.5 Å². The molecular weight excluding hydrogens is 322 g/mol. The van der Waals surface area contributed by atoms with Gasteiger partial charge in [-0.1, -0.05) is 36.4 Å². The number of nitrogens with zero attached hydrogens (tertiary/aromatic N) is 2. The number of hydrogen-bond acceptors (Lipinski definition) is 2. The molecule has 4 heteroatoms. The molecule has 0 bridgehead atoms. The number of rotatable bonds is 5. The molecule has 26 heavy (non-hydrogen) atoms. The van der Waals surface area contributed by atoms with Gasteiger partial charge in [0.15, 0.2) is 0 Å². The van der Waals surface area contributed by atoms with Crippen LogP contribution in [0.15, 0.2) is 54.6 Å². The third kappa shape index (κ3) is 4.02. The number of benzene rings is 2. The van der Waals surface area contributed by atoms with E-state index in [1.807, 2.05) is 54.9 Å². The second kappa shape index (κ2) is 7.56. The summed E-state index contributed by atoms with van der Waals surface area (Å²) in [6.45, 7) is 8.83. The summed E-state index contributed by atoms with van der Waals surface area (Å²) in [5.41, 5.74) is 6.27. The first-order chi connectivity index (χ1) is 12.4. The van der Waals surface area contributed by atoms with Crippen LogP contribution in [0.4, 0.5) is 0 Å². The van der Waals surface area contributed by atoms with E-state index >= 15 is 0 Å². The summed E-state index contributed by atoms with van der Waals surface area (Å²) < 4.78 is 1.98. The fourth-order valence-electron chi connectivity index (χ4n) is 3.20. The molecule has 1 N–H and O–H groups in total. The third-order valence-corrected chi connectivity index (χ3v) is 4.65. The van der Waals surface area contributed by atoms with Crippen molar-refractivity contribution in [2.75, 3.05) is 0 Å². The number of aryl methyl sites for hydroxylation is 3. The number of nitrogens with one attached hydrogen (secondary N) is 1. The van der Waals surface area contributed by atoms with Gasteiger partial charge < -0.3 is 5.32 Å². The van der Waals surface area contributed by atoms with Crippen molar-refractivity contribution in [2.45, 2.75) is 40.3 Å². The fourth-order valence-corrected chi connectivity index (χ4v) is 3.20. The lowest BCUT2D eigenvalue weighted by atomic mass is 10.0. The van der Waals surface area contributed by atoms with Crippen molar-refractivity contribution in [3.63, 3.8) is 0 Å². The summed E-state index contributed by atoms with van der Waals surface area (Å²) in [6.07, 6.45) is 0. The Hall–Kier alpha value is -2.88. The molecule has 0 aliphatic rings. The van der Waals surface area contributed by atoms with Gasteiger partial charge in [-0.15, -0.1) is 0 Å². The molecule has 0 aliphatic heterocycles. The molecule has 4 nitrogen and oxygen atoms in total. The highest BCUT2D eigenvalue weighted by molar-refractivity contribution is 5.94. The normalized spacial score (nSPS) is 12.0. The zero-order chi connectivity index (χ0) is 18.7. The van der Waals surface area contributed by atoms with Gasteiger partial charge >= 0.3 is 0 Å². The predicted octanol–water partition coefficient (Wildman–Crippen LogP) is 4.35. The van der Waals surface area contributed by atoms with E-state index in [0.29, 0.717) is 12.1 Å². The van der Waals surface area contributed by atoms with Crippen molar-refractivity contribution in [1.29, 1.82) is 0 Å². The van der Waals surface area contributed by atoms with Crippen LogP contribution in [0.5, 0.6) is 0 Å². The Morgan fingerprint density at radius 3 is 2.38 bits per heavy atom. The maximum atomic E-state index is 12.5. The molecule has 1 unspecified atom stereocenters. The van der Waals surface area contributed by atoms with Crippen molar-refractivity contribution < 1.29 is 4.79 Å². The third-order valence-electron chi connectivity index (χ3n) is 4.65. The van der Waals surface area contributed by atoms with E-state index in [-0.39, 0.29) is 11.9 Å². The summed E-state index contributed by atoms with van der Waals surface area (Å²) in [6, 6.07) is 17.9. The minimum absolute atomic E-state index is 0.0296. The maximum Gasteiger partial charge on any atom is 0.251 e. The van der Waals surface area contributed by atoms with Crippen molar-refractivity contribution in [3.8, 4) is 0 Å². The highest BCUT2D eigenvalue weighted by Crippen LogP contribution is 2.17. The molecule has 1 atom stereocenters. The lowest BCUT2D eigenvalue weighted by molar-refractivity contribution is 0.0940. The molecule has 0 aliphatic carbocycles. The summed E-state index contributed by atoms with van der Waals surface area (Å²) in [4.78, 5) is 12.5. The second-order valence-electron chi connectivity index (χ2n) is 6.83. The average molecular weight is 347 g/mol. The van der Waals surface area contributed by atoms with Crippen LogP contribution in [0.2, 0.25) is 0 Å². The number of aromatic nitrogens is 2. The maximum absolute atomic E-state index is 12.5. The molecule has 134 valence electrons. The summed E-state index contributed by atoms with van der Waals surface area (Å²) in [7, 11) is 0. The summed E-state index contributed by atoms with van der Waals surface area (Å²) in [5.74, 6) is -0.0570. The van der Waals surface area contributed by atoms with Gasteiger partial charge in [0, 0.05) is 11.3 Å². The Kier molecular flexibility index (Phi) is 5.21. The zero-order valence-corrected chi connectivity index (χ0v) is 15.8. The average Bonchev–Trinajstić information content (AvgIpc) is 2.93. The van der Waals surface area contributed by atoms with Crippen LogP contribution < -0.4 is 5.32 Å². The van der Waals surface area contributed by atoms with E-state index < -0.39 is 0 Å². The Bertz CT molecular complexity index is 909. The van der Waals surface area contributed by atoms with Crippen LogP contribution in [-0.2, 0) is 6.54 Å². The second-order valence-corrected chi connectivity index (χ2v) is 6.83. The minimum atomic E-state index is -0.0570. The summed E-state index contributed by atoms with van der Waals surface area (Å²) in [5, 5.41) is 7.56. The molecule has 0 spiro atoms.